The number of hydrogen-bond donors (Lipinski definition) is 1. The number of rotatable bonds is 11. The number of carbonyl (C=O) groups excluding carboxylic acids is 1. The molecule has 1 amide bonds. The third kappa shape index (κ3) is 9.02. The van der Waals surface area contributed by atoms with E-state index in [0.717, 1.165) is 38.8 Å². The maximum absolute atomic E-state index is 17.7. The molecule has 328 valence electrons. The minimum absolute atomic E-state index is 0.0297. The second-order valence-electron chi connectivity index (χ2n) is 18.9. The minimum Gasteiger partial charge on any atom is -0.468 e. The topological polar surface area (TPSA) is 111 Å². The third-order valence-corrected chi connectivity index (χ3v) is 19.1. The van der Waals surface area contributed by atoms with Crippen molar-refractivity contribution < 1.29 is 32.5 Å². The van der Waals surface area contributed by atoms with E-state index in [0.29, 0.717) is 75.5 Å². The number of piperazine rings is 1. The van der Waals surface area contributed by atoms with E-state index in [1.54, 1.807) is 24.4 Å². The number of benzene rings is 2. The molecule has 14 heteroatoms. The first-order valence-electron chi connectivity index (χ1n) is 21.9. The molecule has 2 bridgehead atoms. The van der Waals surface area contributed by atoms with Gasteiger partial charge in [0.2, 0.25) is 0 Å². The maximum atomic E-state index is 17.7. The Bertz CT molecular complexity index is 2280. The van der Waals surface area contributed by atoms with E-state index in [9.17, 15) is 4.79 Å². The fraction of sp³-hybridized carbons (Fsp3) is 0.574. The largest absolute Gasteiger partial charge is 0.468 e. The van der Waals surface area contributed by atoms with Gasteiger partial charge in [0.15, 0.2) is 12.6 Å². The van der Waals surface area contributed by atoms with E-state index in [4.69, 9.17) is 33.9 Å². The van der Waals surface area contributed by atoms with Crippen LogP contribution in [0.5, 0.6) is 11.8 Å². The van der Waals surface area contributed by atoms with Crippen LogP contribution >= 0.6 is 0 Å². The molecule has 2 atom stereocenters. The molecule has 0 saturated carbocycles. The van der Waals surface area contributed by atoms with Crippen LogP contribution in [0, 0.1) is 29.0 Å². The third-order valence-electron chi connectivity index (χ3n) is 12.8. The average Bonchev–Trinajstić information content (AvgIpc) is 3.48. The predicted octanol–water partition coefficient (Wildman–Crippen LogP) is 9.64. The van der Waals surface area contributed by atoms with Crippen LogP contribution in [0.15, 0.2) is 30.5 Å². The molecule has 7 rings (SSSR count). The number of nitrogens with one attached hydrogen (secondary N) is 1. The number of nitrogens with zero attached hydrogens (tertiary/aromatic N) is 5. The zero-order valence-corrected chi connectivity index (χ0v) is 38.5. The first kappa shape index (κ1) is 44.5. The number of aromatic nitrogens is 3. The van der Waals surface area contributed by atoms with Gasteiger partial charge in [-0.25, -0.2) is 13.6 Å². The summed E-state index contributed by atoms with van der Waals surface area (Å²) in [6, 6.07) is 6.36. The van der Waals surface area contributed by atoms with E-state index in [1.165, 1.54) is 13.2 Å². The van der Waals surface area contributed by atoms with Crippen LogP contribution in [-0.2, 0) is 9.47 Å². The number of ether oxygens (including phenoxy) is 4. The number of halogens is 2. The Hall–Kier alpha value is -4.58. The van der Waals surface area contributed by atoms with Gasteiger partial charge >= 0.3 is 12.1 Å². The lowest BCUT2D eigenvalue weighted by Crippen LogP contribution is -2.57. The Morgan fingerprint density at radius 1 is 0.951 bits per heavy atom. The molecule has 3 aliphatic heterocycles. The number of carbonyl (C=O) groups is 1. The standard InChI is InChI=1S/C47H62F2N6O5Si/c1-28(2)61(29(3)4,30(5)6)20-17-36-39(48)14-11-32-21-35(59-27-57-10)22-37(40(32)36)42-41(49)43-38(23-51-42)44(53-45(52-43)58-26-31-15-18-50-19-16-31)54-24-33-12-13-34(25-54)55(33)46(56)60-47(7,8)9/h11,14,21-23,28-31,33-34,50H,12-13,15-16,18-19,24-27H2,1-10H3. The summed E-state index contributed by atoms with van der Waals surface area (Å²) in [5.41, 5.74) is 4.53. The fourth-order valence-electron chi connectivity index (χ4n) is 9.98. The van der Waals surface area contributed by atoms with Crippen molar-refractivity contribution in [3.63, 3.8) is 0 Å². The van der Waals surface area contributed by atoms with Gasteiger partial charge in [-0.05, 0) is 106 Å². The summed E-state index contributed by atoms with van der Waals surface area (Å²) in [6.07, 6.45) is 4.78. The Morgan fingerprint density at radius 3 is 2.25 bits per heavy atom. The SMILES string of the molecule is COCOc1cc(-c2ncc3c(N4CC5CCC(C4)N5C(=O)OC(C)(C)C)nc(OCC4CCNCC4)nc3c2F)c2c(C#C[Si](C(C)C)(C(C)C)C(C)C)c(F)ccc2c1. The zero-order chi connectivity index (χ0) is 43.8. The smallest absolute Gasteiger partial charge is 0.410 e. The first-order valence-corrected chi connectivity index (χ1v) is 24.1. The molecule has 3 fully saturated rings. The fourth-order valence-corrected chi connectivity index (χ4v) is 15.2. The number of pyridine rings is 1. The lowest BCUT2D eigenvalue weighted by Gasteiger charge is -2.42. The average molecular weight is 857 g/mol. The van der Waals surface area contributed by atoms with E-state index in [1.807, 2.05) is 25.7 Å². The molecule has 2 aromatic carbocycles. The van der Waals surface area contributed by atoms with Gasteiger partial charge in [0, 0.05) is 37.3 Å². The predicted molar refractivity (Wildman–Crippen MR) is 239 cm³/mol. The molecule has 3 saturated heterocycles. The molecular formula is C47H62F2N6O5Si. The van der Waals surface area contributed by atoms with Gasteiger partial charge in [0.1, 0.15) is 42.3 Å². The van der Waals surface area contributed by atoms with Crippen LogP contribution in [0.1, 0.15) is 93.6 Å². The van der Waals surface area contributed by atoms with Crippen LogP contribution in [0.4, 0.5) is 19.4 Å². The van der Waals surface area contributed by atoms with Gasteiger partial charge in [-0.2, -0.15) is 9.97 Å². The molecule has 2 aromatic heterocycles. The maximum Gasteiger partial charge on any atom is 0.410 e. The Balaban J connectivity index is 1.39. The molecule has 2 unspecified atom stereocenters. The molecule has 5 heterocycles. The molecule has 61 heavy (non-hydrogen) atoms. The van der Waals surface area contributed by atoms with Crippen LogP contribution in [0.2, 0.25) is 16.6 Å². The molecule has 0 aliphatic carbocycles. The summed E-state index contributed by atoms with van der Waals surface area (Å²) in [5.74, 6) is 3.34. The van der Waals surface area contributed by atoms with Gasteiger partial charge in [-0.1, -0.05) is 53.5 Å². The highest BCUT2D eigenvalue weighted by Gasteiger charge is 2.45. The lowest BCUT2D eigenvalue weighted by molar-refractivity contribution is 0.0122. The van der Waals surface area contributed by atoms with E-state index < -0.39 is 25.3 Å². The molecule has 3 aliphatic rings. The second kappa shape index (κ2) is 18.0. The summed E-state index contributed by atoms with van der Waals surface area (Å²) in [5, 5.41) is 4.85. The van der Waals surface area contributed by atoms with Gasteiger partial charge in [-0.3, -0.25) is 9.88 Å². The first-order chi connectivity index (χ1) is 29.0. The second-order valence-corrected chi connectivity index (χ2v) is 24.5. The van der Waals surface area contributed by atoms with Crippen molar-refractivity contribution in [2.45, 2.75) is 122 Å². The number of piperidine rings is 1. The van der Waals surface area contributed by atoms with Crippen LogP contribution in [-0.4, -0.2) is 98.4 Å². The highest BCUT2D eigenvalue weighted by molar-refractivity contribution is 6.90. The normalized spacial score (nSPS) is 18.7. The molecular weight excluding hydrogens is 795 g/mol. The number of fused-ring (bicyclic) bond motifs is 4. The summed E-state index contributed by atoms with van der Waals surface area (Å²) < 4.78 is 57.3. The lowest BCUT2D eigenvalue weighted by atomic mass is 9.95. The molecule has 4 aromatic rings. The summed E-state index contributed by atoms with van der Waals surface area (Å²) >= 11 is 0. The van der Waals surface area contributed by atoms with Gasteiger partial charge in [0.05, 0.1) is 29.6 Å². The van der Waals surface area contributed by atoms with Crippen molar-refractivity contribution in [3.8, 4) is 34.5 Å². The Labute approximate surface area is 360 Å². The van der Waals surface area contributed by atoms with Gasteiger partial charge in [-0.15, -0.1) is 5.54 Å². The van der Waals surface area contributed by atoms with Crippen LogP contribution in [0.25, 0.3) is 32.9 Å². The summed E-state index contributed by atoms with van der Waals surface area (Å²) in [6.45, 7) is 22.0. The van der Waals surface area contributed by atoms with Crippen LogP contribution in [0.3, 0.4) is 0 Å². The highest BCUT2D eigenvalue weighted by atomic mass is 28.3. The van der Waals surface area contributed by atoms with Crippen molar-refractivity contribution in [2.75, 3.05) is 51.6 Å². The number of methoxy groups -OCH3 is 1. The van der Waals surface area contributed by atoms with Gasteiger partial charge in [0.25, 0.3) is 0 Å². The van der Waals surface area contributed by atoms with Gasteiger partial charge < -0.3 is 29.2 Å². The van der Waals surface area contributed by atoms with E-state index in [2.05, 4.69) is 63.2 Å². The summed E-state index contributed by atoms with van der Waals surface area (Å²) in [7, 11) is -0.774. The molecule has 11 nitrogen and oxygen atoms in total. The molecule has 0 spiro atoms. The summed E-state index contributed by atoms with van der Waals surface area (Å²) in [4.78, 5) is 31.8. The quantitative estimate of drug-likeness (QED) is 0.0890. The van der Waals surface area contributed by atoms with Crippen molar-refractivity contribution in [1.82, 2.24) is 25.2 Å². The van der Waals surface area contributed by atoms with Crippen molar-refractivity contribution in [3.05, 3.63) is 47.7 Å². The van der Waals surface area contributed by atoms with E-state index >= 15 is 8.78 Å². The molecule has 0 radical (unpaired) electrons. The van der Waals surface area contributed by atoms with Crippen molar-refractivity contribution in [1.29, 1.82) is 0 Å². The number of hydrogen-bond acceptors (Lipinski definition) is 10. The Kier molecular flexibility index (Phi) is 13.1. The monoisotopic (exact) mass is 856 g/mol. The minimum atomic E-state index is -2.30. The zero-order valence-electron chi connectivity index (χ0n) is 37.5. The van der Waals surface area contributed by atoms with Crippen molar-refractivity contribution >= 4 is 41.7 Å². The van der Waals surface area contributed by atoms with Crippen molar-refractivity contribution in [2.24, 2.45) is 5.92 Å². The van der Waals surface area contributed by atoms with E-state index in [-0.39, 0.29) is 47.8 Å². The van der Waals surface area contributed by atoms with Crippen LogP contribution < -0.4 is 19.7 Å². The number of amides is 1. The highest BCUT2D eigenvalue weighted by Crippen LogP contribution is 2.43. The number of anilines is 1. The molecule has 1 N–H and O–H groups in total. The Morgan fingerprint density at radius 2 is 1.62 bits per heavy atom.